The minimum atomic E-state index is -0.633. The van der Waals surface area contributed by atoms with Crippen LogP contribution in [0.25, 0.3) is 22.3 Å². The third-order valence-electron chi connectivity index (χ3n) is 7.58. The lowest BCUT2D eigenvalue weighted by Gasteiger charge is -2.35. The number of nitrogens with zero attached hydrogens (tertiary/aromatic N) is 6. The first kappa shape index (κ1) is 27.5. The van der Waals surface area contributed by atoms with E-state index in [2.05, 4.69) is 49.4 Å². The van der Waals surface area contributed by atoms with E-state index in [1.165, 1.54) is 24.5 Å². The SMILES string of the molecule is CCN1CCC(C(SC)c2ccc(Nc3ncc(F)c(-c4cc(F)c5nc(C)n(C(C)C)c5c4)n3)nc2)CC1. The Balaban J connectivity index is 1.38. The monoisotopic (exact) mass is 551 g/mol. The molecule has 3 aromatic heterocycles. The Morgan fingerprint density at radius 1 is 1.05 bits per heavy atom. The molecule has 4 aromatic rings. The van der Waals surface area contributed by atoms with E-state index in [9.17, 15) is 4.39 Å². The zero-order valence-electron chi connectivity index (χ0n) is 23.1. The molecule has 0 radical (unpaired) electrons. The molecule has 7 nitrogen and oxygen atoms in total. The summed E-state index contributed by atoms with van der Waals surface area (Å²) in [7, 11) is 0. The van der Waals surface area contributed by atoms with Crippen molar-refractivity contribution >= 4 is 34.6 Å². The predicted octanol–water partition coefficient (Wildman–Crippen LogP) is 6.94. The molecule has 5 rings (SSSR count). The van der Waals surface area contributed by atoms with Crippen LogP contribution in [0.3, 0.4) is 0 Å². The molecule has 1 aromatic carbocycles. The van der Waals surface area contributed by atoms with Gasteiger partial charge in [0.1, 0.15) is 22.9 Å². The van der Waals surface area contributed by atoms with E-state index in [0.717, 1.165) is 25.8 Å². The van der Waals surface area contributed by atoms with Crippen LogP contribution in [-0.2, 0) is 0 Å². The van der Waals surface area contributed by atoms with Crippen LogP contribution in [-0.4, -0.2) is 55.3 Å². The quantitative estimate of drug-likeness (QED) is 0.254. The van der Waals surface area contributed by atoms with Crippen LogP contribution in [0.4, 0.5) is 20.5 Å². The second-order valence-electron chi connectivity index (χ2n) is 10.4. The Kier molecular flexibility index (Phi) is 8.13. The Morgan fingerprint density at radius 2 is 1.82 bits per heavy atom. The predicted molar refractivity (Wildman–Crippen MR) is 154 cm³/mol. The van der Waals surface area contributed by atoms with Crippen LogP contribution in [0.2, 0.25) is 0 Å². The van der Waals surface area contributed by atoms with Gasteiger partial charge in [0.25, 0.3) is 0 Å². The number of imidazole rings is 1. The maximum Gasteiger partial charge on any atom is 0.229 e. The molecule has 206 valence electrons. The summed E-state index contributed by atoms with van der Waals surface area (Å²) in [5.41, 5.74) is 2.40. The van der Waals surface area contributed by atoms with Crippen molar-refractivity contribution in [2.45, 2.75) is 51.8 Å². The first-order valence-electron chi connectivity index (χ1n) is 13.5. The first-order chi connectivity index (χ1) is 18.8. The van der Waals surface area contributed by atoms with Crippen molar-refractivity contribution in [1.29, 1.82) is 0 Å². The van der Waals surface area contributed by atoms with Gasteiger partial charge in [-0.2, -0.15) is 11.8 Å². The summed E-state index contributed by atoms with van der Waals surface area (Å²) in [5.74, 6) is 0.928. The minimum Gasteiger partial charge on any atom is -0.326 e. The number of nitrogens with one attached hydrogen (secondary N) is 1. The average Bonchev–Trinajstić information content (AvgIpc) is 3.28. The van der Waals surface area contributed by atoms with Gasteiger partial charge in [0.05, 0.1) is 11.7 Å². The summed E-state index contributed by atoms with van der Waals surface area (Å²) in [6.45, 7) is 11.5. The van der Waals surface area contributed by atoms with Crippen molar-refractivity contribution < 1.29 is 8.78 Å². The van der Waals surface area contributed by atoms with Crippen molar-refractivity contribution in [3.05, 3.63) is 59.7 Å². The molecule has 4 heterocycles. The lowest BCUT2D eigenvalue weighted by molar-refractivity contribution is 0.190. The van der Waals surface area contributed by atoms with E-state index < -0.39 is 11.6 Å². The van der Waals surface area contributed by atoms with E-state index in [4.69, 9.17) is 0 Å². The summed E-state index contributed by atoms with van der Waals surface area (Å²) < 4.78 is 31.8. The minimum absolute atomic E-state index is 0.0138. The Hall–Kier alpha value is -3.11. The third kappa shape index (κ3) is 5.63. The van der Waals surface area contributed by atoms with Gasteiger partial charge in [-0.1, -0.05) is 13.0 Å². The van der Waals surface area contributed by atoms with Crippen LogP contribution < -0.4 is 5.32 Å². The number of thioether (sulfide) groups is 1. The smallest absolute Gasteiger partial charge is 0.229 e. The Bertz CT molecular complexity index is 1450. The van der Waals surface area contributed by atoms with Gasteiger partial charge >= 0.3 is 0 Å². The molecule has 0 saturated carbocycles. The number of hydrogen-bond donors (Lipinski definition) is 1. The van der Waals surface area contributed by atoms with Gasteiger partial charge in [-0.25, -0.2) is 28.7 Å². The fourth-order valence-electron chi connectivity index (χ4n) is 5.62. The second-order valence-corrected chi connectivity index (χ2v) is 11.3. The number of anilines is 2. The highest BCUT2D eigenvalue weighted by atomic mass is 32.2. The fourth-order valence-corrected chi connectivity index (χ4v) is 6.69. The molecule has 0 amide bonds. The Labute approximate surface area is 232 Å². The first-order valence-corrected chi connectivity index (χ1v) is 14.8. The molecule has 0 spiro atoms. The van der Waals surface area contributed by atoms with Crippen molar-refractivity contribution in [1.82, 2.24) is 29.4 Å². The van der Waals surface area contributed by atoms with Crippen LogP contribution in [0.5, 0.6) is 0 Å². The van der Waals surface area contributed by atoms with Crippen molar-refractivity contribution in [2.24, 2.45) is 5.92 Å². The number of aryl methyl sites for hydroxylation is 1. The molecule has 0 bridgehead atoms. The summed E-state index contributed by atoms with van der Waals surface area (Å²) in [5, 5.41) is 3.47. The van der Waals surface area contributed by atoms with Crippen molar-refractivity contribution in [2.75, 3.05) is 31.2 Å². The number of pyridine rings is 1. The highest BCUT2D eigenvalue weighted by Gasteiger charge is 2.27. The lowest BCUT2D eigenvalue weighted by atomic mass is 9.90. The van der Waals surface area contributed by atoms with Gasteiger partial charge in [0.2, 0.25) is 5.95 Å². The summed E-state index contributed by atoms with van der Waals surface area (Å²) in [6.07, 6.45) is 7.54. The fraction of sp³-hybridized carbons (Fsp3) is 0.448. The molecule has 1 N–H and O–H groups in total. The molecule has 0 aliphatic carbocycles. The van der Waals surface area contributed by atoms with Crippen molar-refractivity contribution in [3.63, 3.8) is 0 Å². The highest BCUT2D eigenvalue weighted by molar-refractivity contribution is 7.98. The largest absolute Gasteiger partial charge is 0.326 e. The number of hydrogen-bond acceptors (Lipinski definition) is 7. The third-order valence-corrected chi connectivity index (χ3v) is 8.74. The van der Waals surface area contributed by atoms with Gasteiger partial charge < -0.3 is 14.8 Å². The molecule has 1 aliphatic heterocycles. The Morgan fingerprint density at radius 3 is 2.46 bits per heavy atom. The molecule has 1 unspecified atom stereocenters. The number of piperidine rings is 1. The van der Waals surface area contributed by atoms with E-state index in [1.807, 2.05) is 49.4 Å². The lowest BCUT2D eigenvalue weighted by Crippen LogP contribution is -2.34. The van der Waals surface area contributed by atoms with Crippen LogP contribution in [0, 0.1) is 24.5 Å². The van der Waals surface area contributed by atoms with Crippen LogP contribution >= 0.6 is 11.8 Å². The standard InChI is InChI=1S/C29H35F2N7S/c1-6-37-11-9-19(10-12-37)28(39-5)20-7-8-25(32-15-20)35-29-33-16-23(31)26(36-29)21-13-22(30)27-24(14-21)38(17(2)3)18(4)34-27/h7-8,13-17,19,28H,6,9-12H2,1-5H3,(H,32,33,35,36). The zero-order chi connectivity index (χ0) is 27.7. The van der Waals surface area contributed by atoms with E-state index in [-0.39, 0.29) is 23.2 Å². The van der Waals surface area contributed by atoms with Gasteiger partial charge in [0, 0.05) is 23.1 Å². The van der Waals surface area contributed by atoms with Crippen LogP contribution in [0.15, 0.2) is 36.7 Å². The van der Waals surface area contributed by atoms with E-state index >= 15 is 4.39 Å². The summed E-state index contributed by atoms with van der Waals surface area (Å²) >= 11 is 1.87. The maximum absolute atomic E-state index is 15.0. The number of likely N-dealkylation sites (tertiary alicyclic amines) is 1. The van der Waals surface area contributed by atoms with Crippen LogP contribution in [0.1, 0.15) is 56.3 Å². The molecule has 39 heavy (non-hydrogen) atoms. The number of benzene rings is 1. The van der Waals surface area contributed by atoms with E-state index in [0.29, 0.717) is 33.9 Å². The second kappa shape index (κ2) is 11.6. The molecule has 1 aliphatic rings. The number of rotatable bonds is 8. The summed E-state index contributed by atoms with van der Waals surface area (Å²) in [6, 6.07) is 7.07. The molecular weight excluding hydrogens is 516 g/mol. The zero-order valence-corrected chi connectivity index (χ0v) is 23.9. The number of fused-ring (bicyclic) bond motifs is 1. The average molecular weight is 552 g/mol. The molecule has 10 heteroatoms. The molecular formula is C29H35F2N7S. The molecule has 1 fully saturated rings. The topological polar surface area (TPSA) is 71.8 Å². The highest BCUT2D eigenvalue weighted by Crippen LogP contribution is 2.40. The van der Waals surface area contributed by atoms with E-state index in [1.54, 1.807) is 6.07 Å². The van der Waals surface area contributed by atoms with Gasteiger partial charge in [-0.15, -0.1) is 0 Å². The normalized spacial score (nSPS) is 15.8. The number of aromatic nitrogens is 5. The van der Waals surface area contributed by atoms with Gasteiger partial charge in [-0.05, 0) is 89.2 Å². The van der Waals surface area contributed by atoms with Gasteiger partial charge in [0.15, 0.2) is 11.6 Å². The molecule has 1 saturated heterocycles. The maximum atomic E-state index is 15.0. The van der Waals surface area contributed by atoms with Gasteiger partial charge in [-0.3, -0.25) is 0 Å². The number of halogens is 2. The summed E-state index contributed by atoms with van der Waals surface area (Å²) in [4.78, 5) is 20.0. The molecule has 1 atom stereocenters. The van der Waals surface area contributed by atoms with Crippen molar-refractivity contribution in [3.8, 4) is 11.3 Å².